The van der Waals surface area contributed by atoms with Crippen molar-refractivity contribution >= 4 is 17.2 Å². The molecule has 1 aromatic heterocycles. The van der Waals surface area contributed by atoms with E-state index in [1.54, 1.807) is 6.20 Å². The zero-order valence-corrected chi connectivity index (χ0v) is 12.9. The van der Waals surface area contributed by atoms with Crippen LogP contribution in [0.5, 0.6) is 5.19 Å². The van der Waals surface area contributed by atoms with Gasteiger partial charge in [-0.05, 0) is 12.8 Å². The van der Waals surface area contributed by atoms with Crippen molar-refractivity contribution in [3.8, 4) is 5.19 Å². The molecule has 0 saturated carbocycles. The van der Waals surface area contributed by atoms with Crippen LogP contribution in [0.3, 0.4) is 0 Å². The monoisotopic (exact) mass is 311 g/mol. The molecule has 2 aliphatic rings. The second-order valence-electron chi connectivity index (χ2n) is 5.38. The van der Waals surface area contributed by atoms with Gasteiger partial charge in [0.05, 0.1) is 19.8 Å². The third kappa shape index (κ3) is 4.15. The molecular weight excluding hydrogens is 290 g/mol. The lowest BCUT2D eigenvalue weighted by Crippen LogP contribution is -2.48. The van der Waals surface area contributed by atoms with Gasteiger partial charge in [0, 0.05) is 37.8 Å². The van der Waals surface area contributed by atoms with Crippen LogP contribution >= 0.6 is 11.3 Å². The summed E-state index contributed by atoms with van der Waals surface area (Å²) in [6.45, 7) is 5.11. The van der Waals surface area contributed by atoms with Crippen molar-refractivity contribution in [2.24, 2.45) is 0 Å². The molecule has 6 nitrogen and oxygen atoms in total. The van der Waals surface area contributed by atoms with Crippen molar-refractivity contribution in [2.75, 3.05) is 45.9 Å². The van der Waals surface area contributed by atoms with Crippen LogP contribution in [0, 0.1) is 0 Å². The molecule has 0 N–H and O–H groups in total. The Kier molecular flexibility index (Phi) is 5.05. The van der Waals surface area contributed by atoms with Crippen molar-refractivity contribution < 1.29 is 14.3 Å². The molecule has 0 unspecified atom stereocenters. The molecule has 2 saturated heterocycles. The molecule has 0 spiro atoms. The molecule has 2 aliphatic heterocycles. The van der Waals surface area contributed by atoms with E-state index < -0.39 is 0 Å². The first-order valence-corrected chi connectivity index (χ1v) is 8.33. The van der Waals surface area contributed by atoms with Gasteiger partial charge < -0.3 is 14.4 Å². The molecule has 0 aromatic carbocycles. The lowest BCUT2D eigenvalue weighted by molar-refractivity contribution is -0.136. The Bertz CT molecular complexity index is 440. The second kappa shape index (κ2) is 7.20. The number of morpholine rings is 1. The molecule has 7 heteroatoms. The maximum atomic E-state index is 12.2. The van der Waals surface area contributed by atoms with Gasteiger partial charge in [-0.15, -0.1) is 0 Å². The van der Waals surface area contributed by atoms with Gasteiger partial charge in [0.1, 0.15) is 6.10 Å². The molecule has 3 heterocycles. The maximum Gasteiger partial charge on any atom is 0.273 e. The summed E-state index contributed by atoms with van der Waals surface area (Å²) in [6.07, 6.45) is 3.90. The van der Waals surface area contributed by atoms with Crippen LogP contribution in [0.15, 0.2) is 11.6 Å². The number of likely N-dealkylation sites (tertiary alicyclic amines) is 1. The van der Waals surface area contributed by atoms with E-state index in [0.717, 1.165) is 44.2 Å². The Morgan fingerprint density at radius 2 is 2.10 bits per heavy atom. The fraction of sp³-hybridized carbons (Fsp3) is 0.714. The number of carbonyl (C=O) groups excluding carboxylic acids is 1. The lowest BCUT2D eigenvalue weighted by atomic mass is 10.1. The summed E-state index contributed by atoms with van der Waals surface area (Å²) in [7, 11) is 0. The van der Waals surface area contributed by atoms with Gasteiger partial charge in [-0.3, -0.25) is 9.69 Å². The minimum atomic E-state index is 0.220. The van der Waals surface area contributed by atoms with Crippen LogP contribution in [0.4, 0.5) is 0 Å². The SMILES string of the molecule is O=C(CN1CCC(Oc2nccs2)CC1)N1CCOCC1. The number of hydrogen-bond donors (Lipinski definition) is 0. The highest BCUT2D eigenvalue weighted by molar-refractivity contribution is 7.11. The van der Waals surface area contributed by atoms with E-state index in [-0.39, 0.29) is 12.0 Å². The average molecular weight is 311 g/mol. The Morgan fingerprint density at radius 1 is 1.33 bits per heavy atom. The van der Waals surface area contributed by atoms with Crippen molar-refractivity contribution in [1.82, 2.24) is 14.8 Å². The number of thiazole rings is 1. The van der Waals surface area contributed by atoms with Gasteiger partial charge in [0.2, 0.25) is 5.91 Å². The zero-order valence-electron chi connectivity index (χ0n) is 12.1. The zero-order chi connectivity index (χ0) is 14.5. The van der Waals surface area contributed by atoms with Crippen LogP contribution in [-0.4, -0.2) is 72.7 Å². The molecule has 0 atom stereocenters. The van der Waals surface area contributed by atoms with E-state index in [4.69, 9.17) is 9.47 Å². The second-order valence-corrected chi connectivity index (χ2v) is 6.24. The number of rotatable bonds is 4. The summed E-state index contributed by atoms with van der Waals surface area (Å²) in [5.41, 5.74) is 0. The minimum absolute atomic E-state index is 0.220. The highest BCUT2D eigenvalue weighted by atomic mass is 32.1. The molecule has 0 radical (unpaired) electrons. The number of hydrogen-bond acceptors (Lipinski definition) is 6. The predicted octanol–water partition coefficient (Wildman–Crippen LogP) is 0.845. The van der Waals surface area contributed by atoms with Crippen LogP contribution in [-0.2, 0) is 9.53 Å². The fourth-order valence-corrected chi connectivity index (χ4v) is 3.25. The highest BCUT2D eigenvalue weighted by Gasteiger charge is 2.25. The smallest absolute Gasteiger partial charge is 0.273 e. The summed E-state index contributed by atoms with van der Waals surface area (Å²) in [5, 5.41) is 2.67. The van der Waals surface area contributed by atoms with Crippen molar-refractivity contribution in [3.05, 3.63) is 11.6 Å². The molecule has 116 valence electrons. The molecule has 1 aromatic rings. The number of piperidine rings is 1. The first-order chi connectivity index (χ1) is 10.3. The first kappa shape index (κ1) is 14.7. The summed E-state index contributed by atoms with van der Waals surface area (Å²) in [5.74, 6) is 0.220. The molecule has 0 bridgehead atoms. The Morgan fingerprint density at radius 3 is 2.76 bits per heavy atom. The number of carbonyl (C=O) groups is 1. The van der Waals surface area contributed by atoms with Crippen LogP contribution in [0.2, 0.25) is 0 Å². The summed E-state index contributed by atoms with van der Waals surface area (Å²) in [4.78, 5) is 20.5. The molecule has 21 heavy (non-hydrogen) atoms. The minimum Gasteiger partial charge on any atom is -0.467 e. The third-order valence-electron chi connectivity index (χ3n) is 3.93. The maximum absolute atomic E-state index is 12.2. The van der Waals surface area contributed by atoms with Gasteiger partial charge in [0.15, 0.2) is 0 Å². The predicted molar refractivity (Wildman–Crippen MR) is 79.6 cm³/mol. The quantitative estimate of drug-likeness (QED) is 0.825. The van der Waals surface area contributed by atoms with Crippen molar-refractivity contribution in [1.29, 1.82) is 0 Å². The van der Waals surface area contributed by atoms with E-state index in [9.17, 15) is 4.79 Å². The normalized spacial score (nSPS) is 21.4. The third-order valence-corrected chi connectivity index (χ3v) is 4.60. The number of ether oxygens (including phenoxy) is 2. The van der Waals surface area contributed by atoms with E-state index in [0.29, 0.717) is 19.8 Å². The summed E-state index contributed by atoms with van der Waals surface area (Å²) in [6, 6.07) is 0. The molecule has 3 rings (SSSR count). The average Bonchev–Trinajstić information content (AvgIpc) is 3.03. The van der Waals surface area contributed by atoms with Crippen LogP contribution in [0.1, 0.15) is 12.8 Å². The molecule has 0 aliphatic carbocycles. The lowest BCUT2D eigenvalue weighted by Gasteiger charge is -2.33. The number of amides is 1. The standard InChI is InChI=1S/C14H21N3O3S/c18-13(17-6-8-19-9-7-17)11-16-4-1-12(2-5-16)20-14-15-3-10-21-14/h3,10,12H,1-2,4-9,11H2. The topological polar surface area (TPSA) is 54.9 Å². The van der Waals surface area contributed by atoms with Gasteiger partial charge >= 0.3 is 0 Å². The summed E-state index contributed by atoms with van der Waals surface area (Å²) < 4.78 is 11.1. The van der Waals surface area contributed by atoms with Gasteiger partial charge in [-0.1, -0.05) is 11.3 Å². The van der Waals surface area contributed by atoms with Gasteiger partial charge in [-0.2, -0.15) is 0 Å². The Labute approximate surface area is 128 Å². The Hall–Kier alpha value is -1.18. The highest BCUT2D eigenvalue weighted by Crippen LogP contribution is 2.20. The van der Waals surface area contributed by atoms with Crippen LogP contribution in [0.25, 0.3) is 0 Å². The number of nitrogens with zero attached hydrogens (tertiary/aromatic N) is 3. The molecular formula is C14H21N3O3S. The Balaban J connectivity index is 1.40. The van der Waals surface area contributed by atoms with Gasteiger partial charge in [-0.25, -0.2) is 4.98 Å². The summed E-state index contributed by atoms with van der Waals surface area (Å²) >= 11 is 1.53. The largest absolute Gasteiger partial charge is 0.467 e. The fourth-order valence-electron chi connectivity index (χ4n) is 2.70. The van der Waals surface area contributed by atoms with Crippen molar-refractivity contribution in [2.45, 2.75) is 18.9 Å². The van der Waals surface area contributed by atoms with Gasteiger partial charge in [0.25, 0.3) is 5.19 Å². The van der Waals surface area contributed by atoms with Crippen LogP contribution < -0.4 is 4.74 Å². The van der Waals surface area contributed by atoms with E-state index in [2.05, 4.69) is 9.88 Å². The molecule has 1 amide bonds. The number of aromatic nitrogens is 1. The van der Waals surface area contributed by atoms with E-state index in [1.807, 2.05) is 10.3 Å². The van der Waals surface area contributed by atoms with Crippen molar-refractivity contribution in [3.63, 3.8) is 0 Å². The van der Waals surface area contributed by atoms with E-state index >= 15 is 0 Å². The molecule has 2 fully saturated rings. The first-order valence-electron chi connectivity index (χ1n) is 7.45. The van der Waals surface area contributed by atoms with E-state index in [1.165, 1.54) is 11.3 Å².